The molecule has 0 aliphatic rings. The molecule has 162 valence electrons. The van der Waals surface area contributed by atoms with Crippen molar-refractivity contribution in [2.24, 2.45) is 0 Å². The van der Waals surface area contributed by atoms with Gasteiger partial charge in [-0.1, -0.05) is 38.7 Å². The van der Waals surface area contributed by atoms with Gasteiger partial charge in [-0.15, -0.1) is 0 Å². The summed E-state index contributed by atoms with van der Waals surface area (Å²) in [5.41, 5.74) is -1.15. The smallest absolute Gasteiger partial charge is 0.327 e. The molecule has 27 heavy (non-hydrogen) atoms. The van der Waals surface area contributed by atoms with Crippen LogP contribution in [-0.2, 0) is 8.91 Å². The molecule has 0 saturated carbocycles. The first kappa shape index (κ1) is 28.9. The first-order chi connectivity index (χ1) is 12.1. The number of hydrogen-bond donors (Lipinski definition) is 4. The number of aliphatic carboxylic acids is 1. The van der Waals surface area contributed by atoms with Crippen molar-refractivity contribution in [3.05, 3.63) is 12.7 Å². The van der Waals surface area contributed by atoms with Crippen LogP contribution in [0.4, 0.5) is 0 Å². The molecule has 0 aromatic carbocycles. The molecule has 3 atom stereocenters. The van der Waals surface area contributed by atoms with Gasteiger partial charge < -0.3 is 24.5 Å². The van der Waals surface area contributed by atoms with Crippen LogP contribution in [0.3, 0.4) is 0 Å². The molecule has 0 spiro atoms. The van der Waals surface area contributed by atoms with E-state index in [-0.39, 0.29) is 6.61 Å². The fourth-order valence-corrected chi connectivity index (χ4v) is 9.84. The minimum absolute atomic E-state index is 0.374. The van der Waals surface area contributed by atoms with Gasteiger partial charge >= 0.3 is 5.97 Å². The zero-order valence-electron chi connectivity index (χ0n) is 18.3. The van der Waals surface area contributed by atoms with Crippen molar-refractivity contribution >= 4 is 31.4 Å². The SMILES string of the molecule is C=CC(=O)O.C[SiH](CCCC(O)(CC[Si](C)(C)C)C(O)CO)O[Si](C)(C)C. The summed E-state index contributed by atoms with van der Waals surface area (Å²) in [6.07, 6.45) is 1.77. The molecule has 3 unspecified atom stereocenters. The third-order valence-electron chi connectivity index (χ3n) is 4.05. The number of aliphatic hydroxyl groups is 3. The van der Waals surface area contributed by atoms with Crippen LogP contribution in [0.2, 0.25) is 57.9 Å². The molecule has 0 aromatic heterocycles. The van der Waals surface area contributed by atoms with Gasteiger partial charge in [0.1, 0.15) is 6.10 Å². The highest BCUT2D eigenvalue weighted by atomic mass is 28.4. The van der Waals surface area contributed by atoms with Crippen molar-refractivity contribution < 1.29 is 29.3 Å². The molecule has 9 heteroatoms. The number of carboxylic acids is 1. The fourth-order valence-electron chi connectivity index (χ4n) is 2.58. The second kappa shape index (κ2) is 13.0. The van der Waals surface area contributed by atoms with Gasteiger partial charge in [-0.3, -0.25) is 0 Å². The van der Waals surface area contributed by atoms with Crippen LogP contribution >= 0.6 is 0 Å². The van der Waals surface area contributed by atoms with Gasteiger partial charge in [0.15, 0.2) is 17.4 Å². The average molecular weight is 439 g/mol. The molecule has 0 rings (SSSR count). The van der Waals surface area contributed by atoms with Crippen LogP contribution < -0.4 is 0 Å². The zero-order chi connectivity index (χ0) is 21.9. The third kappa shape index (κ3) is 17.5. The van der Waals surface area contributed by atoms with Crippen LogP contribution in [0, 0.1) is 0 Å². The Balaban J connectivity index is 0. The van der Waals surface area contributed by atoms with Crippen molar-refractivity contribution in [3.8, 4) is 0 Å². The van der Waals surface area contributed by atoms with E-state index in [1.165, 1.54) is 0 Å². The molecule has 0 radical (unpaired) electrons. The molecule has 6 nitrogen and oxygen atoms in total. The Morgan fingerprint density at radius 2 is 1.70 bits per heavy atom. The van der Waals surface area contributed by atoms with Crippen molar-refractivity contribution in [1.29, 1.82) is 0 Å². The number of carbonyl (C=O) groups is 1. The molecule has 0 aliphatic heterocycles. The highest BCUT2D eigenvalue weighted by Crippen LogP contribution is 2.28. The summed E-state index contributed by atoms with van der Waals surface area (Å²) in [6, 6.07) is 1.97. The summed E-state index contributed by atoms with van der Waals surface area (Å²) in [6.45, 7) is 18.2. The van der Waals surface area contributed by atoms with E-state index in [0.717, 1.165) is 24.6 Å². The zero-order valence-corrected chi connectivity index (χ0v) is 21.4. The summed E-state index contributed by atoms with van der Waals surface area (Å²) >= 11 is 0. The molecular formula is C18H42O6Si3. The van der Waals surface area contributed by atoms with E-state index in [1.54, 1.807) is 0 Å². The van der Waals surface area contributed by atoms with E-state index in [4.69, 9.17) is 9.22 Å². The number of aliphatic hydroxyl groups excluding tert-OH is 2. The lowest BCUT2D eigenvalue weighted by Crippen LogP contribution is -2.46. The highest BCUT2D eigenvalue weighted by molar-refractivity contribution is 6.77. The van der Waals surface area contributed by atoms with E-state index in [9.17, 15) is 20.1 Å². The predicted octanol–water partition coefficient (Wildman–Crippen LogP) is 3.04. The molecule has 0 amide bonds. The molecule has 4 N–H and O–H groups in total. The van der Waals surface area contributed by atoms with Crippen molar-refractivity contribution in [1.82, 2.24) is 0 Å². The van der Waals surface area contributed by atoms with Crippen LogP contribution in [0.1, 0.15) is 19.3 Å². The summed E-state index contributed by atoms with van der Waals surface area (Å²) in [5, 5.41) is 37.7. The highest BCUT2D eigenvalue weighted by Gasteiger charge is 2.36. The molecule has 0 saturated heterocycles. The molecule has 0 bridgehead atoms. The van der Waals surface area contributed by atoms with E-state index in [0.29, 0.717) is 12.8 Å². The summed E-state index contributed by atoms with van der Waals surface area (Å²) < 4.78 is 6.14. The first-order valence-electron chi connectivity index (χ1n) is 9.61. The van der Waals surface area contributed by atoms with E-state index >= 15 is 0 Å². The lowest BCUT2D eigenvalue weighted by molar-refractivity contribution is -0.131. The summed E-state index contributed by atoms with van der Waals surface area (Å²) in [5.74, 6) is -0.981. The van der Waals surface area contributed by atoms with Gasteiger partial charge in [0.25, 0.3) is 0 Å². The lowest BCUT2D eigenvalue weighted by atomic mass is 9.89. The minimum Gasteiger partial charge on any atom is -0.478 e. The normalized spacial score (nSPS) is 16.5. The second-order valence-corrected chi connectivity index (χ2v) is 22.3. The van der Waals surface area contributed by atoms with E-state index in [1.807, 2.05) is 0 Å². The van der Waals surface area contributed by atoms with Crippen molar-refractivity contribution in [3.63, 3.8) is 0 Å². The van der Waals surface area contributed by atoms with Crippen LogP contribution in [0.5, 0.6) is 0 Å². The monoisotopic (exact) mass is 438 g/mol. The van der Waals surface area contributed by atoms with Crippen molar-refractivity contribution in [2.45, 2.75) is 88.9 Å². The van der Waals surface area contributed by atoms with Gasteiger partial charge in [0.2, 0.25) is 0 Å². The quantitative estimate of drug-likeness (QED) is 0.275. The van der Waals surface area contributed by atoms with Crippen molar-refractivity contribution in [2.75, 3.05) is 6.61 Å². The average Bonchev–Trinajstić information content (AvgIpc) is 2.50. The van der Waals surface area contributed by atoms with Gasteiger partial charge in [0.05, 0.1) is 12.2 Å². The van der Waals surface area contributed by atoms with Crippen LogP contribution in [0.15, 0.2) is 12.7 Å². The number of carboxylic acid groups (broad SMARTS) is 1. The van der Waals surface area contributed by atoms with Crippen LogP contribution in [-0.4, -0.2) is 70.1 Å². The van der Waals surface area contributed by atoms with Gasteiger partial charge in [-0.2, -0.15) is 0 Å². The predicted molar refractivity (Wildman–Crippen MR) is 120 cm³/mol. The lowest BCUT2D eigenvalue weighted by Gasteiger charge is -2.34. The molecular weight excluding hydrogens is 396 g/mol. The van der Waals surface area contributed by atoms with E-state index in [2.05, 4.69) is 52.4 Å². The summed E-state index contributed by atoms with van der Waals surface area (Å²) in [4.78, 5) is 9.25. The maximum absolute atomic E-state index is 10.8. The Morgan fingerprint density at radius 3 is 2.04 bits per heavy atom. The Labute approximate surface area is 169 Å². The number of hydrogen-bond acceptors (Lipinski definition) is 5. The first-order valence-corrected chi connectivity index (χ1v) is 19.2. The summed E-state index contributed by atoms with van der Waals surface area (Å²) in [7, 11) is -3.95. The molecule has 0 aromatic rings. The largest absolute Gasteiger partial charge is 0.478 e. The van der Waals surface area contributed by atoms with Gasteiger partial charge in [-0.05, 0) is 45.1 Å². The maximum atomic E-state index is 10.8. The Bertz CT molecular complexity index is 434. The third-order valence-corrected chi connectivity index (χ3v) is 11.5. The minimum atomic E-state index is -1.47. The second-order valence-electron chi connectivity index (χ2n) is 9.34. The molecule has 0 aliphatic carbocycles. The standard InChI is InChI=1S/C15H38O4Si3.C3H4O2/c1-20(19-22(5,6)7)11-8-9-15(18,14(17)13-16)10-12-21(2,3)4;1-2-3(4)5/h14,16-18,20H,8-13H2,1-7H3;2H,1H2,(H,4,5). The molecule has 0 heterocycles. The van der Waals surface area contributed by atoms with Gasteiger partial charge in [0, 0.05) is 14.1 Å². The molecule has 0 fully saturated rings. The van der Waals surface area contributed by atoms with Crippen LogP contribution in [0.25, 0.3) is 0 Å². The van der Waals surface area contributed by atoms with E-state index < -0.39 is 43.1 Å². The Hall–Kier alpha value is -0.299. The fraction of sp³-hybridized carbons (Fsp3) is 0.833. The number of rotatable bonds is 12. The Morgan fingerprint density at radius 1 is 1.22 bits per heavy atom. The van der Waals surface area contributed by atoms with Gasteiger partial charge in [-0.25, -0.2) is 4.79 Å². The maximum Gasteiger partial charge on any atom is 0.327 e. The topological polar surface area (TPSA) is 107 Å². The Kier molecular flexibility index (Phi) is 13.9.